The summed E-state index contributed by atoms with van der Waals surface area (Å²) >= 11 is 0. The van der Waals surface area contributed by atoms with Gasteiger partial charge in [-0.25, -0.2) is 0 Å². The van der Waals surface area contributed by atoms with E-state index < -0.39 is 0 Å². The van der Waals surface area contributed by atoms with Crippen LogP contribution in [0.15, 0.2) is 12.4 Å². The minimum atomic E-state index is 0.582. The number of rotatable bonds is 3. The van der Waals surface area contributed by atoms with Gasteiger partial charge < -0.3 is 9.13 Å². The molecule has 0 aromatic carbocycles. The Morgan fingerprint density at radius 1 is 1.45 bits per heavy atom. The van der Waals surface area contributed by atoms with Crippen molar-refractivity contribution in [2.75, 3.05) is 0 Å². The van der Waals surface area contributed by atoms with Crippen LogP contribution in [0.4, 0.5) is 0 Å². The Morgan fingerprint density at radius 3 is 2.64 bits per heavy atom. The molecule has 3 heteroatoms. The van der Waals surface area contributed by atoms with Gasteiger partial charge in [0.25, 0.3) is 0 Å². The zero-order chi connectivity index (χ0) is 8.27. The molecule has 0 aliphatic rings. The Hall–Kier alpha value is -0.990. The van der Waals surface area contributed by atoms with E-state index in [0.717, 1.165) is 13.0 Å². The third-order valence-corrected chi connectivity index (χ3v) is 1.83. The molecule has 0 spiro atoms. The van der Waals surface area contributed by atoms with E-state index in [1.807, 2.05) is 28.6 Å². The first-order chi connectivity index (χ1) is 5.25. The lowest BCUT2D eigenvalue weighted by atomic mass is 10.3. The van der Waals surface area contributed by atoms with Crippen LogP contribution in [0.25, 0.3) is 0 Å². The largest absolute Gasteiger partial charge is 0.321 e. The molecule has 1 aromatic rings. The fourth-order valence-electron chi connectivity index (χ4n) is 1.03. The Balaban J connectivity index is 2.71. The molecule has 0 saturated carbocycles. The molecule has 1 aromatic heterocycles. The summed E-state index contributed by atoms with van der Waals surface area (Å²) < 4.78 is 3.78. The van der Waals surface area contributed by atoms with Crippen LogP contribution in [0.2, 0.25) is 0 Å². The lowest BCUT2D eigenvalue weighted by Gasteiger charge is -1.98. The smallest absolute Gasteiger partial charge is 0.201 e. The van der Waals surface area contributed by atoms with E-state index in [-0.39, 0.29) is 0 Å². The quantitative estimate of drug-likeness (QED) is 0.675. The molecular weight excluding hydrogens is 138 g/mol. The van der Waals surface area contributed by atoms with Crippen molar-refractivity contribution in [3.05, 3.63) is 18.0 Å². The first-order valence-electron chi connectivity index (χ1n) is 4.02. The molecule has 0 unspecified atom stereocenters. The number of nitrogens with zero attached hydrogens (tertiary/aromatic N) is 2. The fourth-order valence-corrected chi connectivity index (χ4v) is 1.03. The van der Waals surface area contributed by atoms with Gasteiger partial charge in [0.2, 0.25) is 5.62 Å². The van der Waals surface area contributed by atoms with Crippen molar-refractivity contribution in [3.8, 4) is 0 Å². The molecule has 0 amide bonds. The van der Waals surface area contributed by atoms with Gasteiger partial charge in [-0.2, -0.15) is 0 Å². The maximum Gasteiger partial charge on any atom is 0.201 e. The molecule has 1 rings (SSSR count). The maximum atomic E-state index is 7.58. The summed E-state index contributed by atoms with van der Waals surface area (Å²) in [5.74, 6) is 0. The number of hydrogen-bond acceptors (Lipinski definition) is 1. The second kappa shape index (κ2) is 3.42. The van der Waals surface area contributed by atoms with Crippen molar-refractivity contribution in [2.24, 2.45) is 7.05 Å². The number of aryl methyl sites for hydroxylation is 2. The van der Waals surface area contributed by atoms with Crippen molar-refractivity contribution >= 4 is 0 Å². The summed E-state index contributed by atoms with van der Waals surface area (Å²) in [6, 6.07) is 0. The topological polar surface area (TPSA) is 33.7 Å². The zero-order valence-corrected chi connectivity index (χ0v) is 7.17. The number of unbranched alkanes of at least 4 members (excludes halogenated alkanes) is 1. The van der Waals surface area contributed by atoms with E-state index in [1.165, 1.54) is 6.42 Å². The second-order valence-electron chi connectivity index (χ2n) is 2.78. The average molecular weight is 153 g/mol. The number of imidazole rings is 1. The van der Waals surface area contributed by atoms with Crippen molar-refractivity contribution in [2.45, 2.75) is 26.3 Å². The maximum absolute atomic E-state index is 7.58. The molecule has 62 valence electrons. The summed E-state index contributed by atoms with van der Waals surface area (Å²) in [5.41, 5.74) is 0.582. The molecule has 0 atom stereocenters. The van der Waals surface area contributed by atoms with Gasteiger partial charge in [0.1, 0.15) is 0 Å². The summed E-state index contributed by atoms with van der Waals surface area (Å²) in [4.78, 5) is 0. The van der Waals surface area contributed by atoms with E-state index in [9.17, 15) is 0 Å². The van der Waals surface area contributed by atoms with Crippen LogP contribution in [0.3, 0.4) is 0 Å². The molecular formula is C8H15N3. The highest BCUT2D eigenvalue weighted by Crippen LogP contribution is 1.90. The molecule has 0 fully saturated rings. The van der Waals surface area contributed by atoms with Crippen LogP contribution >= 0.6 is 0 Å². The molecule has 0 aliphatic carbocycles. The van der Waals surface area contributed by atoms with Crippen molar-refractivity contribution in [1.29, 1.82) is 5.41 Å². The van der Waals surface area contributed by atoms with Gasteiger partial charge in [-0.3, -0.25) is 5.41 Å². The van der Waals surface area contributed by atoms with E-state index in [1.54, 1.807) is 0 Å². The normalized spacial score (nSPS) is 10.4. The van der Waals surface area contributed by atoms with E-state index in [4.69, 9.17) is 5.41 Å². The van der Waals surface area contributed by atoms with Crippen LogP contribution in [-0.4, -0.2) is 9.13 Å². The Kier molecular flexibility index (Phi) is 2.52. The highest BCUT2D eigenvalue weighted by molar-refractivity contribution is 4.76. The minimum Gasteiger partial charge on any atom is -0.321 e. The summed E-state index contributed by atoms with van der Waals surface area (Å²) in [6.07, 6.45) is 6.21. The molecule has 11 heavy (non-hydrogen) atoms. The summed E-state index contributed by atoms with van der Waals surface area (Å²) in [5, 5.41) is 7.58. The average Bonchev–Trinajstić information content (AvgIpc) is 2.31. The SMILES string of the molecule is CCCCn1ccn(C)c1=N. The van der Waals surface area contributed by atoms with Crippen LogP contribution in [0.5, 0.6) is 0 Å². The highest BCUT2D eigenvalue weighted by atomic mass is 15.1. The van der Waals surface area contributed by atoms with Gasteiger partial charge in [-0.1, -0.05) is 13.3 Å². The van der Waals surface area contributed by atoms with E-state index >= 15 is 0 Å². The lowest BCUT2D eigenvalue weighted by Crippen LogP contribution is -2.22. The van der Waals surface area contributed by atoms with E-state index in [0.29, 0.717) is 5.62 Å². The molecule has 1 N–H and O–H groups in total. The third kappa shape index (κ3) is 1.73. The molecule has 0 bridgehead atoms. The monoisotopic (exact) mass is 153 g/mol. The first kappa shape index (κ1) is 8.11. The van der Waals surface area contributed by atoms with Gasteiger partial charge >= 0.3 is 0 Å². The first-order valence-corrected chi connectivity index (χ1v) is 4.02. The number of aromatic nitrogens is 2. The van der Waals surface area contributed by atoms with Crippen molar-refractivity contribution < 1.29 is 0 Å². The van der Waals surface area contributed by atoms with Crippen molar-refractivity contribution in [1.82, 2.24) is 9.13 Å². The Morgan fingerprint density at radius 2 is 2.18 bits per heavy atom. The standard InChI is InChI=1S/C8H15N3/c1-3-4-5-11-7-6-10(2)8(11)9/h6-7,9H,3-5H2,1-2H3. The second-order valence-corrected chi connectivity index (χ2v) is 2.78. The van der Waals surface area contributed by atoms with Crippen molar-refractivity contribution in [3.63, 3.8) is 0 Å². The van der Waals surface area contributed by atoms with Crippen LogP contribution < -0.4 is 5.62 Å². The highest BCUT2D eigenvalue weighted by Gasteiger charge is 1.93. The van der Waals surface area contributed by atoms with E-state index in [2.05, 4.69) is 6.92 Å². The Bertz CT molecular complexity index is 269. The van der Waals surface area contributed by atoms with Crippen LogP contribution in [-0.2, 0) is 13.6 Å². The summed E-state index contributed by atoms with van der Waals surface area (Å²) in [6.45, 7) is 3.13. The predicted molar refractivity (Wildman–Crippen MR) is 44.2 cm³/mol. The molecule has 0 aliphatic heterocycles. The number of nitrogens with one attached hydrogen (secondary N) is 1. The predicted octanol–water partition coefficient (Wildman–Crippen LogP) is 1.11. The van der Waals surface area contributed by atoms with Gasteiger partial charge in [-0.15, -0.1) is 0 Å². The molecule has 0 saturated heterocycles. The van der Waals surface area contributed by atoms with Crippen LogP contribution in [0, 0.1) is 5.41 Å². The van der Waals surface area contributed by atoms with Gasteiger partial charge in [0.05, 0.1) is 0 Å². The molecule has 0 radical (unpaired) electrons. The summed E-state index contributed by atoms with van der Waals surface area (Å²) in [7, 11) is 1.89. The van der Waals surface area contributed by atoms with Gasteiger partial charge in [0, 0.05) is 26.0 Å². The zero-order valence-electron chi connectivity index (χ0n) is 7.17. The fraction of sp³-hybridized carbons (Fsp3) is 0.625. The van der Waals surface area contributed by atoms with Gasteiger partial charge in [0.15, 0.2) is 0 Å². The minimum absolute atomic E-state index is 0.582. The van der Waals surface area contributed by atoms with Crippen LogP contribution in [0.1, 0.15) is 19.8 Å². The Labute approximate surface area is 66.8 Å². The lowest BCUT2D eigenvalue weighted by molar-refractivity contribution is 0.584. The number of hydrogen-bond donors (Lipinski definition) is 1. The molecule has 3 nitrogen and oxygen atoms in total. The van der Waals surface area contributed by atoms with Gasteiger partial charge in [-0.05, 0) is 6.42 Å². The third-order valence-electron chi connectivity index (χ3n) is 1.83. The molecule has 1 heterocycles.